The Labute approximate surface area is 85.9 Å². The molecule has 1 atom stereocenters. The van der Waals surface area contributed by atoms with E-state index in [2.05, 4.69) is 12.2 Å². The molecule has 0 aromatic carbocycles. The van der Waals surface area contributed by atoms with Crippen molar-refractivity contribution in [3.05, 3.63) is 24.3 Å². The van der Waals surface area contributed by atoms with Gasteiger partial charge in [0.25, 0.3) is 0 Å². The van der Waals surface area contributed by atoms with Crippen LogP contribution in [0.5, 0.6) is 0 Å². The normalized spacial score (nSPS) is 27.9. The summed E-state index contributed by atoms with van der Waals surface area (Å²) in [7, 11) is 0. The summed E-state index contributed by atoms with van der Waals surface area (Å²) in [6.45, 7) is 0. The third kappa shape index (κ3) is 2.14. The second-order valence-electron chi connectivity index (χ2n) is 4.39. The summed E-state index contributed by atoms with van der Waals surface area (Å²) in [6.07, 6.45) is 15.2. The van der Waals surface area contributed by atoms with Gasteiger partial charge in [-0.2, -0.15) is 0 Å². The number of Topliss-reactive ketones (excluding diaryl/α,β-unsaturated/α-hetero) is 1. The maximum Gasteiger partial charge on any atom is 0.143 e. The Hall–Kier alpha value is -0.850. The van der Waals surface area contributed by atoms with Crippen LogP contribution in [0, 0.1) is 11.8 Å². The van der Waals surface area contributed by atoms with Crippen LogP contribution in [0.4, 0.5) is 0 Å². The number of hydrogen-bond donors (Lipinski definition) is 0. The average Bonchev–Trinajstić information content (AvgIpc) is 2.30. The lowest BCUT2D eigenvalue weighted by Crippen LogP contribution is -2.24. The van der Waals surface area contributed by atoms with Gasteiger partial charge in [-0.15, -0.1) is 0 Å². The molecule has 76 valence electrons. The van der Waals surface area contributed by atoms with Crippen molar-refractivity contribution in [2.24, 2.45) is 11.8 Å². The first-order valence-corrected chi connectivity index (χ1v) is 5.75. The molecule has 0 spiro atoms. The molecule has 1 heteroatoms. The molecule has 14 heavy (non-hydrogen) atoms. The van der Waals surface area contributed by atoms with E-state index in [4.69, 9.17) is 0 Å². The van der Waals surface area contributed by atoms with Gasteiger partial charge < -0.3 is 0 Å². The second kappa shape index (κ2) is 4.59. The lowest BCUT2D eigenvalue weighted by molar-refractivity contribution is -0.126. The van der Waals surface area contributed by atoms with Crippen LogP contribution in [0.2, 0.25) is 0 Å². The van der Waals surface area contributed by atoms with Crippen LogP contribution in [0.1, 0.15) is 38.5 Å². The zero-order valence-corrected chi connectivity index (χ0v) is 8.61. The summed E-state index contributed by atoms with van der Waals surface area (Å²) in [4.78, 5) is 12.1. The molecule has 0 heterocycles. The molecule has 1 saturated carbocycles. The molecular formula is C13H18O. The molecule has 0 aromatic rings. The molecule has 0 aromatic heterocycles. The van der Waals surface area contributed by atoms with Crippen molar-refractivity contribution in [1.29, 1.82) is 0 Å². The highest BCUT2D eigenvalue weighted by molar-refractivity contribution is 5.85. The van der Waals surface area contributed by atoms with E-state index in [1.54, 1.807) is 0 Å². The van der Waals surface area contributed by atoms with Crippen molar-refractivity contribution >= 4 is 5.78 Å². The number of ketones is 1. The highest BCUT2D eigenvalue weighted by atomic mass is 16.1. The summed E-state index contributed by atoms with van der Waals surface area (Å²) in [5.41, 5.74) is 0. The van der Waals surface area contributed by atoms with E-state index in [1.807, 2.05) is 12.2 Å². The molecule has 2 aliphatic carbocycles. The summed E-state index contributed by atoms with van der Waals surface area (Å²) < 4.78 is 0. The number of carbonyl (C=O) groups is 1. The first-order chi connectivity index (χ1) is 6.88. The van der Waals surface area contributed by atoms with E-state index in [0.717, 1.165) is 19.3 Å². The van der Waals surface area contributed by atoms with E-state index in [0.29, 0.717) is 11.7 Å². The minimum absolute atomic E-state index is 0.183. The predicted molar refractivity (Wildman–Crippen MR) is 58.0 cm³/mol. The van der Waals surface area contributed by atoms with Crippen LogP contribution in [0.15, 0.2) is 24.3 Å². The highest BCUT2D eigenvalue weighted by Gasteiger charge is 2.26. The summed E-state index contributed by atoms with van der Waals surface area (Å²) in [5.74, 6) is 1.04. The van der Waals surface area contributed by atoms with Gasteiger partial charge in [-0.25, -0.2) is 0 Å². The van der Waals surface area contributed by atoms with Crippen molar-refractivity contribution in [3.8, 4) is 0 Å². The monoisotopic (exact) mass is 190 g/mol. The van der Waals surface area contributed by atoms with Gasteiger partial charge in [0, 0.05) is 11.8 Å². The van der Waals surface area contributed by atoms with Gasteiger partial charge in [0.05, 0.1) is 0 Å². The molecule has 0 aliphatic heterocycles. The minimum Gasteiger partial charge on any atom is -0.299 e. The third-order valence-electron chi connectivity index (χ3n) is 3.35. The first-order valence-electron chi connectivity index (χ1n) is 5.75. The topological polar surface area (TPSA) is 17.1 Å². The molecule has 0 amide bonds. The van der Waals surface area contributed by atoms with Crippen molar-refractivity contribution in [3.63, 3.8) is 0 Å². The fourth-order valence-corrected chi connectivity index (χ4v) is 2.48. The molecular weight excluding hydrogens is 172 g/mol. The Bertz CT molecular complexity index is 256. The van der Waals surface area contributed by atoms with Crippen LogP contribution in [-0.2, 0) is 4.79 Å². The number of hydrogen-bond acceptors (Lipinski definition) is 1. The molecule has 1 unspecified atom stereocenters. The summed E-state index contributed by atoms with van der Waals surface area (Å²) in [6, 6.07) is 0. The Kier molecular flexibility index (Phi) is 3.18. The zero-order chi connectivity index (χ0) is 9.80. The van der Waals surface area contributed by atoms with E-state index in [9.17, 15) is 4.79 Å². The molecule has 0 N–H and O–H groups in total. The van der Waals surface area contributed by atoms with Crippen molar-refractivity contribution in [1.82, 2.24) is 0 Å². The number of carbonyl (C=O) groups excluding carboxylic acids is 1. The van der Waals surface area contributed by atoms with Crippen LogP contribution >= 0.6 is 0 Å². The molecule has 1 nitrogen and oxygen atoms in total. The first kappa shape index (κ1) is 9.70. The average molecular weight is 190 g/mol. The largest absolute Gasteiger partial charge is 0.299 e. The number of allylic oxidation sites excluding steroid dienone is 4. The lowest BCUT2D eigenvalue weighted by Gasteiger charge is -2.23. The van der Waals surface area contributed by atoms with Crippen LogP contribution in [0.25, 0.3) is 0 Å². The highest BCUT2D eigenvalue weighted by Crippen LogP contribution is 2.28. The molecule has 1 fully saturated rings. The van der Waals surface area contributed by atoms with Gasteiger partial charge in [-0.1, -0.05) is 43.6 Å². The maximum atomic E-state index is 12.1. The predicted octanol–water partition coefficient (Wildman–Crippen LogP) is 3.27. The Morgan fingerprint density at radius 2 is 1.86 bits per heavy atom. The van der Waals surface area contributed by atoms with Crippen molar-refractivity contribution in [2.45, 2.75) is 38.5 Å². The standard InChI is InChI=1S/C13H18O/c14-13(11-7-3-1-4-8-11)12-9-5-2-6-10-12/h1,3-4,7,11-12H,2,5-6,8-10H2. The van der Waals surface area contributed by atoms with Crippen molar-refractivity contribution < 1.29 is 4.79 Å². The fourth-order valence-electron chi connectivity index (χ4n) is 2.48. The lowest BCUT2D eigenvalue weighted by atomic mass is 9.80. The zero-order valence-electron chi connectivity index (χ0n) is 8.61. The van der Waals surface area contributed by atoms with Gasteiger partial charge in [0.1, 0.15) is 5.78 Å². The Morgan fingerprint density at radius 1 is 1.07 bits per heavy atom. The van der Waals surface area contributed by atoms with Crippen LogP contribution in [0.3, 0.4) is 0 Å². The van der Waals surface area contributed by atoms with Crippen molar-refractivity contribution in [2.75, 3.05) is 0 Å². The SMILES string of the molecule is O=C(C1C=CC=CC1)C1CCCCC1. The van der Waals surface area contributed by atoms with Crippen LogP contribution < -0.4 is 0 Å². The number of rotatable bonds is 2. The molecule has 2 aliphatic rings. The fraction of sp³-hybridized carbons (Fsp3) is 0.615. The summed E-state index contributed by atoms with van der Waals surface area (Å²) in [5, 5.41) is 0. The van der Waals surface area contributed by atoms with E-state index in [-0.39, 0.29) is 5.92 Å². The van der Waals surface area contributed by atoms with E-state index < -0.39 is 0 Å². The third-order valence-corrected chi connectivity index (χ3v) is 3.35. The molecule has 0 bridgehead atoms. The molecule has 0 saturated heterocycles. The van der Waals surface area contributed by atoms with Gasteiger partial charge in [0.15, 0.2) is 0 Å². The Balaban J connectivity index is 1.93. The molecule has 2 rings (SSSR count). The van der Waals surface area contributed by atoms with E-state index >= 15 is 0 Å². The van der Waals surface area contributed by atoms with Gasteiger partial charge in [-0.05, 0) is 19.3 Å². The minimum atomic E-state index is 0.183. The summed E-state index contributed by atoms with van der Waals surface area (Å²) >= 11 is 0. The Morgan fingerprint density at radius 3 is 2.50 bits per heavy atom. The van der Waals surface area contributed by atoms with E-state index in [1.165, 1.54) is 19.3 Å². The molecule has 0 radical (unpaired) electrons. The smallest absolute Gasteiger partial charge is 0.143 e. The maximum absolute atomic E-state index is 12.1. The van der Waals surface area contributed by atoms with Gasteiger partial charge in [-0.3, -0.25) is 4.79 Å². The van der Waals surface area contributed by atoms with Crippen LogP contribution in [-0.4, -0.2) is 5.78 Å². The van der Waals surface area contributed by atoms with Gasteiger partial charge >= 0.3 is 0 Å². The second-order valence-corrected chi connectivity index (χ2v) is 4.39. The quantitative estimate of drug-likeness (QED) is 0.653. The van der Waals surface area contributed by atoms with Gasteiger partial charge in [0.2, 0.25) is 0 Å².